The minimum atomic E-state index is -3.46. The Labute approximate surface area is 313 Å². The van der Waals surface area contributed by atoms with Gasteiger partial charge < -0.3 is 26.4 Å². The van der Waals surface area contributed by atoms with Gasteiger partial charge in [-0.2, -0.15) is 11.8 Å². The monoisotopic (exact) mass is 771 g/mol. The molecule has 2 aromatic rings. The van der Waals surface area contributed by atoms with Gasteiger partial charge in [-0.1, -0.05) is 37.3 Å². The van der Waals surface area contributed by atoms with Crippen molar-refractivity contribution in [2.24, 2.45) is 11.7 Å². The molecule has 2 aliphatic heterocycles. The van der Waals surface area contributed by atoms with Gasteiger partial charge in [0.05, 0.1) is 28.1 Å². The molecule has 15 nitrogen and oxygen atoms in total. The van der Waals surface area contributed by atoms with E-state index >= 15 is 0 Å². The molecule has 3 atom stereocenters. The summed E-state index contributed by atoms with van der Waals surface area (Å²) in [4.78, 5) is 69.7. The second kappa shape index (κ2) is 15.5. The Kier molecular flexibility index (Phi) is 11.4. The lowest BCUT2D eigenvalue weighted by Crippen LogP contribution is -2.63. The van der Waals surface area contributed by atoms with Crippen LogP contribution in [-0.4, -0.2) is 104 Å². The van der Waals surface area contributed by atoms with E-state index in [9.17, 15) is 37.5 Å². The van der Waals surface area contributed by atoms with Gasteiger partial charge in [-0.15, -0.1) is 5.10 Å². The molecule has 1 aromatic heterocycles. The molecule has 288 valence electrons. The summed E-state index contributed by atoms with van der Waals surface area (Å²) in [7, 11) is -3.46. The van der Waals surface area contributed by atoms with Crippen LogP contribution in [0.15, 0.2) is 35.4 Å². The van der Waals surface area contributed by atoms with E-state index in [0.717, 1.165) is 32.1 Å². The van der Waals surface area contributed by atoms with Crippen LogP contribution in [0.5, 0.6) is 0 Å². The summed E-state index contributed by atoms with van der Waals surface area (Å²) in [6.07, 6.45) is 8.26. The first-order chi connectivity index (χ1) is 25.1. The van der Waals surface area contributed by atoms with Crippen LogP contribution in [0.3, 0.4) is 0 Å². The number of carbonyl (C=O) groups is 5. The minimum Gasteiger partial charge on any atom is -0.384 e. The average molecular weight is 772 g/mol. The molecule has 0 unspecified atom stereocenters. The van der Waals surface area contributed by atoms with Crippen molar-refractivity contribution in [1.82, 2.24) is 30.5 Å². The number of sulfone groups is 1. The zero-order valence-electron chi connectivity index (χ0n) is 30.2. The van der Waals surface area contributed by atoms with Gasteiger partial charge >= 0.3 is 0 Å². The van der Waals surface area contributed by atoms with Crippen LogP contribution in [0.4, 0.5) is 0 Å². The molecule has 2 saturated carbocycles. The van der Waals surface area contributed by atoms with Crippen molar-refractivity contribution in [3.8, 4) is 0 Å². The highest BCUT2D eigenvalue weighted by Gasteiger charge is 2.49. The molecule has 3 heterocycles. The molecule has 0 spiro atoms. The highest BCUT2D eigenvalue weighted by molar-refractivity contribution is 7.99. The number of benzene rings is 1. The molecule has 2 saturated heterocycles. The van der Waals surface area contributed by atoms with Gasteiger partial charge in [-0.3, -0.25) is 24.0 Å². The second-order valence-electron chi connectivity index (χ2n) is 15.4. The van der Waals surface area contributed by atoms with Gasteiger partial charge in [-0.05, 0) is 87.6 Å². The number of likely N-dealkylation sites (tertiary alicyclic amines) is 1. The van der Waals surface area contributed by atoms with E-state index in [2.05, 4.69) is 20.9 Å². The molecule has 4 amide bonds. The highest BCUT2D eigenvalue weighted by Crippen LogP contribution is 2.36. The molecular formula is C36H49N7O8S2. The van der Waals surface area contributed by atoms with Crippen LogP contribution in [0.25, 0.3) is 0 Å². The fourth-order valence-corrected chi connectivity index (χ4v) is 10.8. The largest absolute Gasteiger partial charge is 0.384 e. The molecule has 17 heteroatoms. The molecule has 0 radical (unpaired) electrons. The molecule has 2 aliphatic carbocycles. The lowest BCUT2D eigenvalue weighted by atomic mass is 9.84. The number of hydrogen-bond acceptors (Lipinski definition) is 11. The first kappa shape index (κ1) is 38.9. The number of hydrogen-bond donors (Lipinski definition) is 4. The minimum absolute atomic E-state index is 0.0132. The molecule has 4 fully saturated rings. The molecule has 0 bridgehead atoms. The fraction of sp³-hybridized carbons (Fsp3) is 0.639. The molecular weight excluding hydrogens is 723 g/mol. The number of nitrogens with one attached hydrogen (secondary N) is 2. The second-order valence-corrected chi connectivity index (χ2v) is 18.9. The number of thioether (sulfide) groups is 1. The van der Waals surface area contributed by atoms with Crippen LogP contribution in [0.2, 0.25) is 0 Å². The number of nitrogens with zero attached hydrogens (tertiary/aromatic N) is 4. The van der Waals surface area contributed by atoms with Crippen LogP contribution < -0.4 is 16.4 Å². The quantitative estimate of drug-likeness (QED) is 0.215. The summed E-state index contributed by atoms with van der Waals surface area (Å²) >= 11 is 1.59. The van der Waals surface area contributed by atoms with Crippen LogP contribution in [-0.2, 0) is 34.6 Å². The van der Waals surface area contributed by atoms with E-state index in [1.165, 1.54) is 40.0 Å². The summed E-state index contributed by atoms with van der Waals surface area (Å²) in [5.74, 6) is -2.56. The first-order valence-corrected chi connectivity index (χ1v) is 21.1. The topological polar surface area (TPSA) is 224 Å². The van der Waals surface area contributed by atoms with Crippen LogP contribution >= 0.6 is 11.8 Å². The predicted octanol–water partition coefficient (Wildman–Crippen LogP) is 1.79. The van der Waals surface area contributed by atoms with Gasteiger partial charge in [0.15, 0.2) is 9.84 Å². The van der Waals surface area contributed by atoms with Crippen molar-refractivity contribution >= 4 is 51.0 Å². The average Bonchev–Trinajstić information content (AvgIpc) is 3.71. The molecule has 4 aliphatic rings. The van der Waals surface area contributed by atoms with Gasteiger partial charge in [0, 0.05) is 18.5 Å². The van der Waals surface area contributed by atoms with E-state index < -0.39 is 73.8 Å². The van der Waals surface area contributed by atoms with Crippen molar-refractivity contribution in [1.29, 1.82) is 0 Å². The highest BCUT2D eigenvalue weighted by atomic mass is 32.2. The fourth-order valence-electron chi connectivity index (χ4n) is 7.90. The van der Waals surface area contributed by atoms with Crippen molar-refractivity contribution in [2.45, 2.75) is 124 Å². The van der Waals surface area contributed by atoms with Crippen molar-refractivity contribution < 1.29 is 37.5 Å². The van der Waals surface area contributed by atoms with Gasteiger partial charge in [-0.25, -0.2) is 13.1 Å². The number of carbonyl (C=O) groups excluding carboxylic acids is 5. The Morgan fingerprint density at radius 3 is 2.30 bits per heavy atom. The lowest BCUT2D eigenvalue weighted by molar-refractivity contribution is -0.145. The summed E-state index contributed by atoms with van der Waals surface area (Å²) in [6, 6.07) is 2.94. The Morgan fingerprint density at radius 2 is 1.70 bits per heavy atom. The number of rotatable bonds is 13. The lowest BCUT2D eigenvalue weighted by Gasteiger charge is -2.37. The van der Waals surface area contributed by atoms with E-state index in [0.29, 0.717) is 36.5 Å². The Morgan fingerprint density at radius 1 is 1.04 bits per heavy atom. The van der Waals surface area contributed by atoms with Crippen molar-refractivity contribution in [3.05, 3.63) is 41.7 Å². The zero-order valence-corrected chi connectivity index (χ0v) is 31.8. The molecule has 6 rings (SSSR count). The van der Waals surface area contributed by atoms with E-state index in [1.54, 1.807) is 25.6 Å². The third kappa shape index (κ3) is 8.46. The summed E-state index contributed by atoms with van der Waals surface area (Å²) in [6.45, 7) is 3.14. The normalized spacial score (nSPS) is 22.9. The molecule has 1 aromatic carbocycles. The third-order valence-corrected chi connectivity index (χ3v) is 14.3. The maximum absolute atomic E-state index is 14.8. The number of nitrogens with two attached hydrogens (primary N) is 1. The molecule has 5 N–H and O–H groups in total. The standard InChI is InChI=1S/C36H49N7O8S2/c1-35(2,49)29-20-38-41-43(29)24-19-28(33(47)40-36(30(44)31(37)45)14-16-52-17-15-36)42(21-24)34(48)27(18-22-6-4-3-5-7-22)39-32(46)23-8-10-25(11-9-23)53(50,51)26-12-13-26/h8-11,20,22,24,26-28,49H,3-7,12-19,21H2,1-2H3,(H2,37,45)(H,39,46)(H,40,47)/t24-,27+,28-/m0/s1. The summed E-state index contributed by atoms with van der Waals surface area (Å²) < 4.78 is 27.0. The van der Waals surface area contributed by atoms with E-state index in [-0.39, 0.29) is 42.2 Å². The Balaban J connectivity index is 1.31. The maximum atomic E-state index is 14.8. The van der Waals surface area contributed by atoms with Gasteiger partial charge in [0.2, 0.25) is 17.6 Å². The predicted molar refractivity (Wildman–Crippen MR) is 195 cm³/mol. The van der Waals surface area contributed by atoms with Crippen LogP contribution in [0.1, 0.15) is 107 Å². The number of primary amides is 1. The van der Waals surface area contributed by atoms with E-state index in [4.69, 9.17) is 5.73 Å². The van der Waals surface area contributed by atoms with Crippen molar-refractivity contribution in [2.75, 3.05) is 18.1 Å². The smallest absolute Gasteiger partial charge is 0.287 e. The number of Topliss-reactive ketones (excluding diaryl/α,β-unsaturated/α-hetero) is 1. The first-order valence-electron chi connectivity index (χ1n) is 18.4. The molecule has 53 heavy (non-hydrogen) atoms. The van der Waals surface area contributed by atoms with Crippen molar-refractivity contribution in [3.63, 3.8) is 0 Å². The van der Waals surface area contributed by atoms with Crippen LogP contribution in [0, 0.1) is 5.92 Å². The number of aliphatic hydroxyl groups is 1. The van der Waals surface area contributed by atoms with E-state index in [1.807, 2.05) is 0 Å². The number of aromatic nitrogens is 3. The number of ketones is 1. The Bertz CT molecular complexity index is 1830. The summed E-state index contributed by atoms with van der Waals surface area (Å²) in [5.41, 5.74) is 3.15. The maximum Gasteiger partial charge on any atom is 0.287 e. The summed E-state index contributed by atoms with van der Waals surface area (Å²) in [5, 5.41) is 24.4. The zero-order chi connectivity index (χ0) is 38.1. The van der Waals surface area contributed by atoms with Gasteiger partial charge in [0.1, 0.15) is 23.2 Å². The Hall–Kier alpha value is -3.83. The van der Waals surface area contributed by atoms with Gasteiger partial charge in [0.25, 0.3) is 11.8 Å². The third-order valence-electron chi connectivity index (χ3n) is 11.1. The SMILES string of the molecule is CC(C)(O)c1cnnn1[C@H]1C[C@@H](C(=O)NC2(C(=O)C(N)=O)CCSCC2)N(C(=O)[C@@H](CC2CCCCC2)NC(=O)c2ccc(S(=O)(=O)C3CC3)cc2)C1. The number of amides is 4.